The number of phenols is 1. The maximum atomic E-state index is 12.9. The fourth-order valence-corrected chi connectivity index (χ4v) is 3.69. The van der Waals surface area contributed by atoms with Gasteiger partial charge in [0, 0.05) is 23.8 Å². The van der Waals surface area contributed by atoms with Gasteiger partial charge in [0.2, 0.25) is 0 Å². The molecular formula is C25H26N3O10S-. The first-order valence-corrected chi connectivity index (χ1v) is 12.5. The van der Waals surface area contributed by atoms with Crippen molar-refractivity contribution < 1.29 is 47.6 Å². The Morgan fingerprint density at radius 2 is 1.62 bits per heavy atom. The molecule has 1 amide bonds. The topological polar surface area (TPSA) is 179 Å². The Hall–Kier alpha value is -4.53. The van der Waals surface area contributed by atoms with E-state index in [-0.39, 0.29) is 41.8 Å². The molecular weight excluding hydrogens is 534 g/mol. The third kappa shape index (κ3) is 7.28. The van der Waals surface area contributed by atoms with Crippen LogP contribution in [0.4, 0.5) is 11.4 Å². The van der Waals surface area contributed by atoms with Gasteiger partial charge in [-0.15, -0.1) is 0 Å². The molecule has 39 heavy (non-hydrogen) atoms. The summed E-state index contributed by atoms with van der Waals surface area (Å²) in [5.74, 6) is -1.71. The SMILES string of the molecule is CCOc1cc(N(NOc2ccc(O)c(C(=O)O)c2)S(=O)[O-])c(OCC)cc1NC(=O)c1ccc(OC)cc1. The van der Waals surface area contributed by atoms with Crippen LogP contribution in [0.25, 0.3) is 0 Å². The normalized spacial score (nSPS) is 11.3. The smallest absolute Gasteiger partial charge is 0.339 e. The van der Waals surface area contributed by atoms with E-state index < -0.39 is 34.5 Å². The number of ether oxygens (including phenoxy) is 3. The van der Waals surface area contributed by atoms with Crippen molar-refractivity contribution in [3.8, 4) is 28.7 Å². The number of carboxylic acid groups (broad SMARTS) is 1. The van der Waals surface area contributed by atoms with Crippen LogP contribution in [0.15, 0.2) is 54.6 Å². The van der Waals surface area contributed by atoms with E-state index >= 15 is 0 Å². The second-order valence-corrected chi connectivity index (χ2v) is 8.35. The summed E-state index contributed by atoms with van der Waals surface area (Å²) in [5.41, 5.74) is 2.26. The molecule has 0 aromatic heterocycles. The molecule has 0 bridgehead atoms. The van der Waals surface area contributed by atoms with Crippen molar-refractivity contribution in [2.75, 3.05) is 30.1 Å². The van der Waals surface area contributed by atoms with Gasteiger partial charge in [0.1, 0.15) is 34.2 Å². The Morgan fingerprint density at radius 1 is 0.974 bits per heavy atom. The van der Waals surface area contributed by atoms with Crippen LogP contribution in [0.1, 0.15) is 34.6 Å². The monoisotopic (exact) mass is 560 g/mol. The molecule has 1 unspecified atom stereocenters. The van der Waals surface area contributed by atoms with E-state index in [4.69, 9.17) is 19.0 Å². The first-order chi connectivity index (χ1) is 18.7. The maximum Gasteiger partial charge on any atom is 0.339 e. The van der Waals surface area contributed by atoms with E-state index in [0.29, 0.717) is 15.7 Å². The van der Waals surface area contributed by atoms with E-state index in [1.54, 1.807) is 38.1 Å². The molecule has 13 nitrogen and oxygen atoms in total. The number of aromatic carboxylic acids is 1. The zero-order valence-electron chi connectivity index (χ0n) is 21.1. The lowest BCUT2D eigenvalue weighted by Gasteiger charge is -2.28. The van der Waals surface area contributed by atoms with Crippen molar-refractivity contribution in [3.05, 3.63) is 65.7 Å². The van der Waals surface area contributed by atoms with Crippen LogP contribution < -0.4 is 34.4 Å². The largest absolute Gasteiger partial charge is 0.754 e. The first-order valence-electron chi connectivity index (χ1n) is 11.5. The summed E-state index contributed by atoms with van der Waals surface area (Å²) in [6, 6.07) is 12.5. The van der Waals surface area contributed by atoms with Gasteiger partial charge in [-0.25, -0.2) is 4.79 Å². The van der Waals surface area contributed by atoms with Crippen LogP contribution in [0, 0.1) is 0 Å². The molecule has 1 atom stereocenters. The third-order valence-electron chi connectivity index (χ3n) is 5.07. The average molecular weight is 561 g/mol. The number of carbonyl (C=O) groups is 2. The van der Waals surface area contributed by atoms with E-state index in [0.717, 1.165) is 12.1 Å². The van der Waals surface area contributed by atoms with E-state index in [2.05, 4.69) is 10.9 Å². The van der Waals surface area contributed by atoms with Crippen LogP contribution >= 0.6 is 0 Å². The molecule has 0 saturated carbocycles. The molecule has 3 aromatic rings. The number of anilines is 2. The lowest BCUT2D eigenvalue weighted by molar-refractivity contribution is 0.0692. The molecule has 0 aliphatic carbocycles. The maximum absolute atomic E-state index is 12.9. The average Bonchev–Trinajstić information content (AvgIpc) is 2.91. The quantitative estimate of drug-likeness (QED) is 0.178. The molecule has 0 radical (unpaired) electrons. The number of rotatable bonds is 13. The second kappa shape index (κ2) is 13.3. The van der Waals surface area contributed by atoms with Gasteiger partial charge in [0.15, 0.2) is 5.75 Å². The fraction of sp³-hybridized carbons (Fsp3) is 0.200. The minimum absolute atomic E-state index is 0.0446. The van der Waals surface area contributed by atoms with Crippen LogP contribution in [-0.2, 0) is 11.3 Å². The number of aromatic hydroxyl groups is 1. The highest BCUT2D eigenvalue weighted by Crippen LogP contribution is 2.39. The van der Waals surface area contributed by atoms with Gasteiger partial charge in [-0.1, -0.05) is 5.59 Å². The summed E-state index contributed by atoms with van der Waals surface area (Å²) in [7, 11) is 1.51. The lowest BCUT2D eigenvalue weighted by Crippen LogP contribution is -2.42. The number of nitrogens with zero attached hydrogens (tertiary/aromatic N) is 1. The molecule has 0 spiro atoms. The summed E-state index contributed by atoms with van der Waals surface area (Å²) in [6.07, 6.45) is 0. The molecule has 3 aromatic carbocycles. The van der Waals surface area contributed by atoms with Crippen LogP contribution in [-0.4, -0.2) is 51.2 Å². The van der Waals surface area contributed by atoms with Crippen molar-refractivity contribution in [2.45, 2.75) is 13.8 Å². The lowest BCUT2D eigenvalue weighted by atomic mass is 10.2. The second-order valence-electron chi connectivity index (χ2n) is 7.55. The molecule has 0 fully saturated rings. The van der Waals surface area contributed by atoms with Crippen molar-refractivity contribution in [1.82, 2.24) is 5.59 Å². The molecule has 3 rings (SSSR count). The molecule has 4 N–H and O–H groups in total. The number of nitrogens with one attached hydrogen (secondary N) is 2. The van der Waals surface area contributed by atoms with Gasteiger partial charge < -0.3 is 39.1 Å². The number of hydrogen-bond acceptors (Lipinski definition) is 10. The highest BCUT2D eigenvalue weighted by Gasteiger charge is 2.21. The number of carboxylic acids is 1. The van der Waals surface area contributed by atoms with Crippen molar-refractivity contribution in [2.24, 2.45) is 0 Å². The van der Waals surface area contributed by atoms with Gasteiger partial charge >= 0.3 is 5.97 Å². The van der Waals surface area contributed by atoms with Crippen LogP contribution in [0.3, 0.4) is 0 Å². The van der Waals surface area contributed by atoms with Gasteiger partial charge in [0.25, 0.3) is 5.91 Å². The Kier molecular flexibility index (Phi) is 9.92. The summed E-state index contributed by atoms with van der Waals surface area (Å²) < 4.78 is 41.3. The Morgan fingerprint density at radius 3 is 2.21 bits per heavy atom. The van der Waals surface area contributed by atoms with Gasteiger partial charge in [-0.3, -0.25) is 9.00 Å². The first kappa shape index (κ1) is 29.0. The summed E-state index contributed by atoms with van der Waals surface area (Å²) in [4.78, 5) is 29.4. The predicted octanol–water partition coefficient (Wildman–Crippen LogP) is 3.25. The Labute approximate surface area is 226 Å². The number of amides is 1. The van der Waals surface area contributed by atoms with Crippen LogP contribution in [0.2, 0.25) is 0 Å². The molecule has 208 valence electrons. The van der Waals surface area contributed by atoms with E-state index in [1.165, 1.54) is 25.3 Å². The van der Waals surface area contributed by atoms with Crippen molar-refractivity contribution in [3.63, 3.8) is 0 Å². The number of hydrogen-bond donors (Lipinski definition) is 4. The minimum Gasteiger partial charge on any atom is -0.754 e. The summed E-state index contributed by atoms with van der Waals surface area (Å²) in [5, 5.41) is 21.6. The van der Waals surface area contributed by atoms with Gasteiger partial charge in [-0.2, -0.15) is 4.41 Å². The molecule has 0 aliphatic heterocycles. The van der Waals surface area contributed by atoms with E-state index in [9.17, 15) is 28.6 Å². The summed E-state index contributed by atoms with van der Waals surface area (Å²) in [6.45, 7) is 3.73. The van der Waals surface area contributed by atoms with E-state index in [1.807, 2.05) is 0 Å². The Balaban J connectivity index is 1.95. The van der Waals surface area contributed by atoms with Crippen molar-refractivity contribution >= 4 is 34.5 Å². The highest BCUT2D eigenvalue weighted by molar-refractivity contribution is 7.80. The standard InChI is InChI=1S/C25H27N3O10S/c1-4-36-22-14-20(28(39(33)34)27-38-17-10-11-21(29)18(12-17)25(31)32)23(37-5-2)13-19(22)26-24(30)15-6-8-16(35-3)9-7-15/h6-14,27,29H,4-5H2,1-3H3,(H,26,30)(H,31,32)(H,33,34)/p-1. The molecule has 14 heteroatoms. The molecule has 0 heterocycles. The van der Waals surface area contributed by atoms with Gasteiger partial charge in [-0.05, 0) is 50.2 Å². The minimum atomic E-state index is -2.98. The van der Waals surface area contributed by atoms with Crippen LogP contribution in [0.5, 0.6) is 28.7 Å². The molecule has 0 aliphatic rings. The highest BCUT2D eigenvalue weighted by atomic mass is 32.2. The fourth-order valence-electron chi connectivity index (χ4n) is 3.29. The zero-order valence-corrected chi connectivity index (χ0v) is 21.9. The number of methoxy groups -OCH3 is 1. The molecule has 0 saturated heterocycles. The number of carbonyl (C=O) groups excluding carboxylic acids is 1. The Bertz CT molecular complexity index is 1350. The third-order valence-corrected chi connectivity index (χ3v) is 5.64. The number of benzene rings is 3. The predicted molar refractivity (Wildman–Crippen MR) is 140 cm³/mol. The number of hydrazine groups is 1. The van der Waals surface area contributed by atoms with Gasteiger partial charge in [0.05, 0.1) is 37.3 Å². The van der Waals surface area contributed by atoms with Crippen molar-refractivity contribution in [1.29, 1.82) is 0 Å². The summed E-state index contributed by atoms with van der Waals surface area (Å²) >= 11 is -2.98. The zero-order chi connectivity index (χ0) is 28.5.